The Kier molecular flexibility index (Phi) is 4.02. The number of amides is 1. The van der Waals surface area contributed by atoms with E-state index in [1.807, 2.05) is 19.1 Å². The molecule has 0 N–H and O–H groups in total. The standard InChI is InChI=1S/C13H18N2O3/c1-10-3-6-14-12(9-10)18-11-4-7-15(8-5-11)13(16)17-2/h3,6,9,11H,4-5,7-8H2,1-2H3. The minimum atomic E-state index is -0.262. The van der Waals surface area contributed by atoms with Crippen LogP contribution >= 0.6 is 0 Å². The molecule has 0 saturated carbocycles. The van der Waals surface area contributed by atoms with Crippen LogP contribution in [0.15, 0.2) is 18.3 Å². The number of likely N-dealkylation sites (tertiary alicyclic amines) is 1. The average molecular weight is 250 g/mol. The lowest BCUT2D eigenvalue weighted by molar-refractivity contribution is 0.0772. The Morgan fingerprint density at radius 1 is 1.44 bits per heavy atom. The van der Waals surface area contributed by atoms with Gasteiger partial charge in [0.05, 0.1) is 7.11 Å². The summed E-state index contributed by atoms with van der Waals surface area (Å²) in [5.41, 5.74) is 1.13. The van der Waals surface area contributed by atoms with Crippen molar-refractivity contribution in [3.8, 4) is 5.88 Å². The van der Waals surface area contributed by atoms with E-state index in [2.05, 4.69) is 4.98 Å². The highest BCUT2D eigenvalue weighted by molar-refractivity contribution is 5.67. The first-order valence-corrected chi connectivity index (χ1v) is 6.11. The number of pyridine rings is 1. The number of carbonyl (C=O) groups excluding carboxylic acids is 1. The van der Waals surface area contributed by atoms with Gasteiger partial charge in [-0.25, -0.2) is 9.78 Å². The Balaban J connectivity index is 1.85. The highest BCUT2D eigenvalue weighted by Crippen LogP contribution is 2.18. The fourth-order valence-electron chi connectivity index (χ4n) is 2.03. The van der Waals surface area contributed by atoms with Crippen LogP contribution in [0.5, 0.6) is 5.88 Å². The lowest BCUT2D eigenvalue weighted by Crippen LogP contribution is -2.41. The molecule has 1 fully saturated rings. The van der Waals surface area contributed by atoms with Crippen LogP contribution in [0.4, 0.5) is 4.79 Å². The molecule has 1 saturated heterocycles. The number of ether oxygens (including phenoxy) is 2. The number of aromatic nitrogens is 1. The van der Waals surface area contributed by atoms with E-state index < -0.39 is 0 Å². The van der Waals surface area contributed by atoms with E-state index in [-0.39, 0.29) is 12.2 Å². The highest BCUT2D eigenvalue weighted by Gasteiger charge is 2.24. The SMILES string of the molecule is COC(=O)N1CCC(Oc2cc(C)ccn2)CC1. The second kappa shape index (κ2) is 5.71. The molecule has 0 atom stereocenters. The molecule has 2 rings (SSSR count). The molecule has 0 unspecified atom stereocenters. The summed E-state index contributed by atoms with van der Waals surface area (Å²) in [6, 6.07) is 3.86. The van der Waals surface area contributed by atoms with E-state index in [0.29, 0.717) is 19.0 Å². The van der Waals surface area contributed by atoms with Gasteiger partial charge in [-0.3, -0.25) is 0 Å². The zero-order valence-electron chi connectivity index (χ0n) is 10.8. The Hall–Kier alpha value is -1.78. The van der Waals surface area contributed by atoms with Crippen LogP contribution in [-0.2, 0) is 4.74 Å². The van der Waals surface area contributed by atoms with Gasteiger partial charge in [0.1, 0.15) is 6.10 Å². The maximum Gasteiger partial charge on any atom is 0.409 e. The summed E-state index contributed by atoms with van der Waals surface area (Å²) in [6.45, 7) is 3.35. The fourth-order valence-corrected chi connectivity index (χ4v) is 2.03. The zero-order valence-corrected chi connectivity index (χ0v) is 10.8. The summed E-state index contributed by atoms with van der Waals surface area (Å²) >= 11 is 0. The van der Waals surface area contributed by atoms with Crippen molar-refractivity contribution in [1.82, 2.24) is 9.88 Å². The normalized spacial score (nSPS) is 16.4. The quantitative estimate of drug-likeness (QED) is 0.805. The number of rotatable bonds is 2. The summed E-state index contributed by atoms with van der Waals surface area (Å²) in [5, 5.41) is 0. The van der Waals surface area contributed by atoms with E-state index in [0.717, 1.165) is 18.4 Å². The second-order valence-electron chi connectivity index (χ2n) is 4.45. The van der Waals surface area contributed by atoms with E-state index >= 15 is 0 Å². The second-order valence-corrected chi connectivity index (χ2v) is 4.45. The molecule has 98 valence electrons. The number of methoxy groups -OCH3 is 1. The summed E-state index contributed by atoms with van der Waals surface area (Å²) in [6.07, 6.45) is 3.23. The van der Waals surface area contributed by atoms with Crippen LogP contribution in [0.3, 0.4) is 0 Å². The number of piperidine rings is 1. The molecule has 0 radical (unpaired) electrons. The molecule has 5 nitrogen and oxygen atoms in total. The maximum absolute atomic E-state index is 11.3. The van der Waals surface area contributed by atoms with Crippen molar-refractivity contribution < 1.29 is 14.3 Å². The molecule has 1 aliphatic rings. The maximum atomic E-state index is 11.3. The molecule has 0 aromatic carbocycles. The minimum absolute atomic E-state index is 0.125. The number of hydrogen-bond donors (Lipinski definition) is 0. The Morgan fingerprint density at radius 3 is 2.78 bits per heavy atom. The fraction of sp³-hybridized carbons (Fsp3) is 0.538. The van der Waals surface area contributed by atoms with Gasteiger partial charge in [-0.05, 0) is 18.6 Å². The van der Waals surface area contributed by atoms with Gasteiger partial charge in [-0.2, -0.15) is 0 Å². The minimum Gasteiger partial charge on any atom is -0.474 e. The Labute approximate surface area is 107 Å². The third kappa shape index (κ3) is 3.12. The zero-order chi connectivity index (χ0) is 13.0. The Morgan fingerprint density at radius 2 is 2.17 bits per heavy atom. The first kappa shape index (κ1) is 12.7. The molecule has 0 aliphatic carbocycles. The van der Waals surface area contributed by atoms with Gasteiger partial charge < -0.3 is 14.4 Å². The van der Waals surface area contributed by atoms with Gasteiger partial charge in [0.2, 0.25) is 5.88 Å². The van der Waals surface area contributed by atoms with Crippen LogP contribution < -0.4 is 4.74 Å². The van der Waals surface area contributed by atoms with E-state index in [1.165, 1.54) is 7.11 Å². The van der Waals surface area contributed by atoms with Crippen LogP contribution in [0.2, 0.25) is 0 Å². The monoisotopic (exact) mass is 250 g/mol. The van der Waals surface area contributed by atoms with E-state index in [4.69, 9.17) is 9.47 Å². The number of aryl methyl sites for hydroxylation is 1. The van der Waals surface area contributed by atoms with Gasteiger partial charge in [0.15, 0.2) is 0 Å². The molecule has 2 heterocycles. The predicted molar refractivity (Wildman–Crippen MR) is 66.6 cm³/mol. The molecule has 0 bridgehead atoms. The summed E-state index contributed by atoms with van der Waals surface area (Å²) in [5.74, 6) is 0.659. The van der Waals surface area contributed by atoms with Crippen molar-refractivity contribution >= 4 is 6.09 Å². The van der Waals surface area contributed by atoms with Gasteiger partial charge >= 0.3 is 6.09 Å². The van der Waals surface area contributed by atoms with Crippen molar-refractivity contribution in [2.24, 2.45) is 0 Å². The molecule has 5 heteroatoms. The van der Waals surface area contributed by atoms with Crippen LogP contribution in [0, 0.1) is 6.92 Å². The van der Waals surface area contributed by atoms with Crippen LogP contribution in [-0.4, -0.2) is 42.3 Å². The third-order valence-corrected chi connectivity index (χ3v) is 3.05. The molecular weight excluding hydrogens is 232 g/mol. The molecule has 0 spiro atoms. The van der Waals surface area contributed by atoms with E-state index in [1.54, 1.807) is 11.1 Å². The molecule has 1 amide bonds. The van der Waals surface area contributed by atoms with Crippen LogP contribution in [0.1, 0.15) is 18.4 Å². The molecular formula is C13H18N2O3. The van der Waals surface area contributed by atoms with Crippen LogP contribution in [0.25, 0.3) is 0 Å². The van der Waals surface area contributed by atoms with Gasteiger partial charge in [-0.1, -0.05) is 0 Å². The molecule has 1 aliphatic heterocycles. The van der Waals surface area contributed by atoms with Crippen molar-refractivity contribution in [3.63, 3.8) is 0 Å². The highest BCUT2D eigenvalue weighted by atomic mass is 16.5. The lowest BCUT2D eigenvalue weighted by atomic mass is 10.1. The molecule has 1 aromatic rings. The number of carbonyl (C=O) groups is 1. The van der Waals surface area contributed by atoms with E-state index in [9.17, 15) is 4.79 Å². The molecule has 1 aromatic heterocycles. The summed E-state index contributed by atoms with van der Waals surface area (Å²) in [7, 11) is 1.40. The largest absolute Gasteiger partial charge is 0.474 e. The topological polar surface area (TPSA) is 51.7 Å². The number of nitrogens with zero attached hydrogens (tertiary/aromatic N) is 2. The Bertz CT molecular complexity index is 414. The van der Waals surface area contributed by atoms with Crippen molar-refractivity contribution in [3.05, 3.63) is 23.9 Å². The van der Waals surface area contributed by atoms with Crippen molar-refractivity contribution in [2.45, 2.75) is 25.9 Å². The van der Waals surface area contributed by atoms with Gasteiger partial charge in [0, 0.05) is 38.2 Å². The average Bonchev–Trinajstić information content (AvgIpc) is 2.39. The molecule has 18 heavy (non-hydrogen) atoms. The third-order valence-electron chi connectivity index (χ3n) is 3.05. The number of hydrogen-bond acceptors (Lipinski definition) is 4. The smallest absolute Gasteiger partial charge is 0.409 e. The van der Waals surface area contributed by atoms with Gasteiger partial charge in [0.25, 0.3) is 0 Å². The first-order chi connectivity index (χ1) is 8.69. The van der Waals surface area contributed by atoms with Crippen molar-refractivity contribution in [1.29, 1.82) is 0 Å². The van der Waals surface area contributed by atoms with Gasteiger partial charge in [-0.15, -0.1) is 0 Å². The lowest BCUT2D eigenvalue weighted by Gasteiger charge is -2.30. The summed E-state index contributed by atoms with van der Waals surface area (Å²) in [4.78, 5) is 17.2. The summed E-state index contributed by atoms with van der Waals surface area (Å²) < 4.78 is 10.5. The predicted octanol–water partition coefficient (Wildman–Crippen LogP) is 2.00. The van der Waals surface area contributed by atoms with Crippen molar-refractivity contribution in [2.75, 3.05) is 20.2 Å². The first-order valence-electron chi connectivity index (χ1n) is 6.11.